The average molecular weight is 222 g/mol. The van der Waals surface area contributed by atoms with Crippen LogP contribution in [0.1, 0.15) is 18.5 Å². The van der Waals surface area contributed by atoms with Crippen molar-refractivity contribution < 1.29 is 4.79 Å². The molecule has 1 aromatic heterocycles. The fourth-order valence-electron chi connectivity index (χ4n) is 1.65. The van der Waals surface area contributed by atoms with Crippen LogP contribution in [-0.4, -0.2) is 17.4 Å². The fourth-order valence-corrected chi connectivity index (χ4v) is 2.24. The van der Waals surface area contributed by atoms with E-state index in [-0.39, 0.29) is 11.8 Å². The number of amides is 1. The van der Waals surface area contributed by atoms with Gasteiger partial charge in [-0.2, -0.15) is 0 Å². The molecule has 0 aromatic carbocycles. The van der Waals surface area contributed by atoms with E-state index in [1.54, 1.807) is 11.3 Å². The number of aromatic nitrogens is 1. The minimum atomic E-state index is 0.167. The maximum atomic E-state index is 11.6. The van der Waals surface area contributed by atoms with Gasteiger partial charge in [0.25, 0.3) is 0 Å². The van der Waals surface area contributed by atoms with Gasteiger partial charge in [-0.3, -0.25) is 4.79 Å². The summed E-state index contributed by atoms with van der Waals surface area (Å²) in [6, 6.07) is 0. The van der Waals surface area contributed by atoms with Crippen LogP contribution in [0.5, 0.6) is 0 Å². The lowest BCUT2D eigenvalue weighted by molar-refractivity contribution is -0.124. The molecule has 0 atom stereocenters. The molecule has 80 valence electrons. The van der Waals surface area contributed by atoms with Crippen LogP contribution in [0.15, 0.2) is 23.0 Å². The molecule has 0 radical (unpaired) electrons. The molecule has 1 heterocycles. The van der Waals surface area contributed by atoms with Crippen LogP contribution in [0.4, 0.5) is 0 Å². The van der Waals surface area contributed by atoms with Crippen LogP contribution in [-0.2, 0) is 11.2 Å². The molecule has 1 amide bonds. The Balaban J connectivity index is 1.67. The van der Waals surface area contributed by atoms with E-state index in [0.717, 1.165) is 25.0 Å². The minimum absolute atomic E-state index is 0.167. The summed E-state index contributed by atoms with van der Waals surface area (Å²) in [6.45, 7) is 0.694. The molecular formula is C11H14N2OS. The molecule has 0 aliphatic heterocycles. The largest absolute Gasteiger partial charge is 0.355 e. The molecule has 1 N–H and O–H groups in total. The summed E-state index contributed by atoms with van der Waals surface area (Å²) in [5.41, 5.74) is 2.88. The van der Waals surface area contributed by atoms with E-state index in [0.29, 0.717) is 6.54 Å². The second-order valence-electron chi connectivity index (χ2n) is 3.66. The number of rotatable bonds is 4. The summed E-state index contributed by atoms with van der Waals surface area (Å²) in [7, 11) is 0. The normalized spacial score (nSPS) is 15.7. The van der Waals surface area contributed by atoms with Gasteiger partial charge in [-0.1, -0.05) is 12.2 Å². The van der Waals surface area contributed by atoms with Gasteiger partial charge in [0.2, 0.25) is 5.91 Å². The summed E-state index contributed by atoms with van der Waals surface area (Å²) in [6.07, 6.45) is 6.76. The van der Waals surface area contributed by atoms with Gasteiger partial charge in [-0.05, 0) is 12.8 Å². The zero-order valence-corrected chi connectivity index (χ0v) is 9.30. The Morgan fingerprint density at radius 1 is 1.53 bits per heavy atom. The van der Waals surface area contributed by atoms with E-state index >= 15 is 0 Å². The van der Waals surface area contributed by atoms with Crippen LogP contribution < -0.4 is 5.32 Å². The van der Waals surface area contributed by atoms with E-state index in [9.17, 15) is 4.79 Å². The molecule has 1 aliphatic carbocycles. The quantitative estimate of drug-likeness (QED) is 0.789. The number of hydrogen-bond acceptors (Lipinski definition) is 3. The maximum Gasteiger partial charge on any atom is 0.223 e. The topological polar surface area (TPSA) is 42.0 Å². The number of nitrogens with one attached hydrogen (secondary N) is 1. The first-order valence-corrected chi connectivity index (χ1v) is 6.10. The highest BCUT2D eigenvalue weighted by Crippen LogP contribution is 2.17. The van der Waals surface area contributed by atoms with Crippen molar-refractivity contribution in [1.82, 2.24) is 10.3 Å². The Kier molecular flexibility index (Phi) is 3.50. The summed E-state index contributed by atoms with van der Waals surface area (Å²) in [5.74, 6) is 0.343. The van der Waals surface area contributed by atoms with Gasteiger partial charge in [-0.25, -0.2) is 4.98 Å². The maximum absolute atomic E-state index is 11.6. The van der Waals surface area contributed by atoms with Crippen molar-refractivity contribution in [2.24, 2.45) is 5.92 Å². The van der Waals surface area contributed by atoms with Gasteiger partial charge < -0.3 is 5.32 Å². The van der Waals surface area contributed by atoms with Crippen LogP contribution in [0.2, 0.25) is 0 Å². The van der Waals surface area contributed by atoms with Gasteiger partial charge in [-0.15, -0.1) is 11.3 Å². The third-order valence-corrected chi connectivity index (χ3v) is 3.18. The molecule has 1 aliphatic rings. The second kappa shape index (κ2) is 5.07. The Hall–Kier alpha value is -1.16. The SMILES string of the molecule is O=C(NCCc1cscn1)C1CC=CC1. The van der Waals surface area contributed by atoms with Gasteiger partial charge in [0.05, 0.1) is 11.2 Å². The van der Waals surface area contributed by atoms with E-state index in [1.807, 2.05) is 10.9 Å². The molecule has 0 saturated carbocycles. The number of carbonyl (C=O) groups is 1. The lowest BCUT2D eigenvalue weighted by Gasteiger charge is -2.09. The molecule has 0 unspecified atom stereocenters. The highest BCUT2D eigenvalue weighted by atomic mass is 32.1. The predicted molar refractivity (Wildman–Crippen MR) is 60.7 cm³/mol. The molecule has 0 fully saturated rings. The summed E-state index contributed by atoms with van der Waals surface area (Å²) in [4.78, 5) is 15.8. The monoisotopic (exact) mass is 222 g/mol. The number of nitrogens with zero attached hydrogens (tertiary/aromatic N) is 1. The van der Waals surface area contributed by atoms with E-state index in [2.05, 4.69) is 22.5 Å². The predicted octanol–water partition coefficient (Wildman–Crippen LogP) is 1.77. The molecule has 3 nitrogen and oxygen atoms in total. The number of carbonyl (C=O) groups excluding carboxylic acids is 1. The van der Waals surface area contributed by atoms with Crippen molar-refractivity contribution in [2.75, 3.05) is 6.54 Å². The first-order valence-electron chi connectivity index (χ1n) is 5.16. The highest BCUT2D eigenvalue weighted by molar-refractivity contribution is 7.07. The summed E-state index contributed by atoms with van der Waals surface area (Å²) < 4.78 is 0. The van der Waals surface area contributed by atoms with Gasteiger partial charge in [0, 0.05) is 24.3 Å². The molecule has 15 heavy (non-hydrogen) atoms. The van der Waals surface area contributed by atoms with Crippen LogP contribution in [0, 0.1) is 5.92 Å². The molecule has 4 heteroatoms. The lowest BCUT2D eigenvalue weighted by Crippen LogP contribution is -2.31. The van der Waals surface area contributed by atoms with Gasteiger partial charge in [0.15, 0.2) is 0 Å². The third kappa shape index (κ3) is 2.89. The highest BCUT2D eigenvalue weighted by Gasteiger charge is 2.18. The van der Waals surface area contributed by atoms with Gasteiger partial charge >= 0.3 is 0 Å². The minimum Gasteiger partial charge on any atom is -0.355 e. The van der Waals surface area contributed by atoms with Crippen LogP contribution >= 0.6 is 11.3 Å². The Bertz CT molecular complexity index is 337. The van der Waals surface area contributed by atoms with Crippen molar-refractivity contribution in [1.29, 1.82) is 0 Å². The number of thiazole rings is 1. The zero-order valence-electron chi connectivity index (χ0n) is 8.48. The van der Waals surface area contributed by atoms with Crippen LogP contribution in [0.3, 0.4) is 0 Å². The Labute approximate surface area is 93.2 Å². The van der Waals surface area contributed by atoms with E-state index in [4.69, 9.17) is 0 Å². The van der Waals surface area contributed by atoms with Crippen LogP contribution in [0.25, 0.3) is 0 Å². The van der Waals surface area contributed by atoms with Crippen molar-refractivity contribution in [2.45, 2.75) is 19.3 Å². The van der Waals surface area contributed by atoms with E-state index < -0.39 is 0 Å². The lowest BCUT2D eigenvalue weighted by atomic mass is 10.1. The third-order valence-electron chi connectivity index (χ3n) is 2.54. The molecule has 1 aromatic rings. The summed E-state index contributed by atoms with van der Waals surface area (Å²) in [5, 5.41) is 4.97. The Morgan fingerprint density at radius 2 is 2.33 bits per heavy atom. The summed E-state index contributed by atoms with van der Waals surface area (Å²) >= 11 is 1.59. The van der Waals surface area contributed by atoms with Crippen molar-refractivity contribution >= 4 is 17.2 Å². The molecule has 0 spiro atoms. The molecule has 0 bridgehead atoms. The Morgan fingerprint density at radius 3 is 3.00 bits per heavy atom. The number of allylic oxidation sites excluding steroid dienone is 2. The van der Waals surface area contributed by atoms with Crippen molar-refractivity contribution in [3.8, 4) is 0 Å². The molecular weight excluding hydrogens is 208 g/mol. The average Bonchev–Trinajstić information content (AvgIpc) is 2.90. The molecule has 0 saturated heterocycles. The van der Waals surface area contributed by atoms with E-state index in [1.165, 1.54) is 0 Å². The standard InChI is InChI=1S/C11H14N2OS/c14-11(9-3-1-2-4-9)12-6-5-10-7-15-8-13-10/h1-2,7-9H,3-6H2,(H,12,14). The second-order valence-corrected chi connectivity index (χ2v) is 4.38. The van der Waals surface area contributed by atoms with Crippen molar-refractivity contribution in [3.63, 3.8) is 0 Å². The molecule has 2 rings (SSSR count). The van der Waals surface area contributed by atoms with Crippen molar-refractivity contribution in [3.05, 3.63) is 28.7 Å². The first-order chi connectivity index (χ1) is 7.36. The first kappa shape index (κ1) is 10.4. The number of hydrogen-bond donors (Lipinski definition) is 1. The zero-order chi connectivity index (χ0) is 10.5. The van der Waals surface area contributed by atoms with Gasteiger partial charge in [0.1, 0.15) is 0 Å². The smallest absolute Gasteiger partial charge is 0.223 e. The fraction of sp³-hybridized carbons (Fsp3) is 0.455.